The molecule has 0 atom stereocenters. The Hall–Kier alpha value is -1.52. The summed E-state index contributed by atoms with van der Waals surface area (Å²) in [6.07, 6.45) is 1.08. The van der Waals surface area contributed by atoms with Crippen LogP contribution < -0.4 is 0 Å². The zero-order valence-corrected chi connectivity index (χ0v) is 10.4. The summed E-state index contributed by atoms with van der Waals surface area (Å²) in [7, 11) is 0. The quantitative estimate of drug-likeness (QED) is 0.644. The average Bonchev–Trinajstić information content (AvgIpc) is 2.73. The number of thiophene rings is 1. The van der Waals surface area contributed by atoms with Crippen LogP contribution in [-0.2, 0) is 6.42 Å². The number of benzene rings is 1. The Kier molecular flexibility index (Phi) is 3.44. The van der Waals surface area contributed by atoms with Crippen LogP contribution in [0.2, 0.25) is 0 Å². The molecule has 16 heavy (non-hydrogen) atoms. The number of rotatable bonds is 1. The fourth-order valence-corrected chi connectivity index (χ4v) is 2.18. The van der Waals surface area contributed by atoms with Gasteiger partial charge in [0.25, 0.3) is 0 Å². The SMILES string of the molecule is CCc1ccc(C#Cc2ccc(C)s2)cc1. The van der Waals surface area contributed by atoms with Crippen molar-refractivity contribution < 1.29 is 0 Å². The van der Waals surface area contributed by atoms with Gasteiger partial charge >= 0.3 is 0 Å². The van der Waals surface area contributed by atoms with Crippen LogP contribution in [0.25, 0.3) is 0 Å². The molecule has 1 heteroatoms. The molecule has 0 amide bonds. The Labute approximate surface area is 101 Å². The van der Waals surface area contributed by atoms with Crippen molar-refractivity contribution in [2.24, 2.45) is 0 Å². The van der Waals surface area contributed by atoms with Gasteiger partial charge in [0.2, 0.25) is 0 Å². The van der Waals surface area contributed by atoms with Crippen molar-refractivity contribution in [2.45, 2.75) is 20.3 Å². The van der Waals surface area contributed by atoms with Crippen LogP contribution in [0.5, 0.6) is 0 Å². The highest BCUT2D eigenvalue weighted by Crippen LogP contribution is 2.13. The van der Waals surface area contributed by atoms with Gasteiger partial charge in [-0.25, -0.2) is 0 Å². The maximum absolute atomic E-state index is 3.19. The van der Waals surface area contributed by atoms with Crippen LogP contribution in [0.3, 0.4) is 0 Å². The molecule has 1 aromatic heterocycles. The molecule has 0 aliphatic heterocycles. The van der Waals surface area contributed by atoms with Crippen LogP contribution in [0, 0.1) is 18.8 Å². The summed E-state index contributed by atoms with van der Waals surface area (Å²) in [5.41, 5.74) is 2.45. The smallest absolute Gasteiger partial charge is 0.0775 e. The van der Waals surface area contributed by atoms with Crippen molar-refractivity contribution in [1.82, 2.24) is 0 Å². The van der Waals surface area contributed by atoms with E-state index < -0.39 is 0 Å². The molecule has 0 aliphatic rings. The van der Waals surface area contributed by atoms with Gasteiger partial charge in [0.05, 0.1) is 4.88 Å². The van der Waals surface area contributed by atoms with Crippen LogP contribution in [0.1, 0.15) is 27.8 Å². The summed E-state index contributed by atoms with van der Waals surface area (Å²) in [4.78, 5) is 2.45. The Balaban J connectivity index is 2.17. The molecule has 0 nitrogen and oxygen atoms in total. The predicted molar refractivity (Wildman–Crippen MR) is 70.9 cm³/mol. The van der Waals surface area contributed by atoms with Crippen molar-refractivity contribution in [3.8, 4) is 11.8 Å². The summed E-state index contributed by atoms with van der Waals surface area (Å²) in [5.74, 6) is 6.37. The average molecular weight is 226 g/mol. The molecule has 0 spiro atoms. The van der Waals surface area contributed by atoms with Gasteiger partial charge in [-0.1, -0.05) is 30.9 Å². The molecule has 0 N–H and O–H groups in total. The van der Waals surface area contributed by atoms with Gasteiger partial charge in [-0.3, -0.25) is 0 Å². The Morgan fingerprint density at radius 3 is 2.31 bits per heavy atom. The van der Waals surface area contributed by atoms with Gasteiger partial charge in [0.1, 0.15) is 0 Å². The van der Waals surface area contributed by atoms with E-state index in [1.165, 1.54) is 10.4 Å². The molecule has 0 fully saturated rings. The monoisotopic (exact) mass is 226 g/mol. The Morgan fingerprint density at radius 1 is 1.00 bits per heavy atom. The molecular formula is C15H14S. The van der Waals surface area contributed by atoms with E-state index in [1.54, 1.807) is 11.3 Å². The highest BCUT2D eigenvalue weighted by atomic mass is 32.1. The van der Waals surface area contributed by atoms with Crippen molar-refractivity contribution in [3.05, 3.63) is 57.3 Å². The number of aryl methyl sites for hydroxylation is 2. The Bertz CT molecular complexity index is 521. The minimum absolute atomic E-state index is 1.08. The lowest BCUT2D eigenvalue weighted by Crippen LogP contribution is -1.79. The highest BCUT2D eigenvalue weighted by molar-refractivity contribution is 7.12. The molecule has 0 radical (unpaired) electrons. The molecule has 0 aliphatic carbocycles. The third-order valence-corrected chi connectivity index (χ3v) is 3.35. The molecule has 1 aromatic carbocycles. The summed E-state index contributed by atoms with van der Waals surface area (Å²) >= 11 is 1.74. The summed E-state index contributed by atoms with van der Waals surface area (Å²) in [5, 5.41) is 0. The van der Waals surface area contributed by atoms with Gasteiger partial charge in [-0.05, 0) is 43.2 Å². The van der Waals surface area contributed by atoms with E-state index in [0.717, 1.165) is 16.9 Å². The zero-order chi connectivity index (χ0) is 11.4. The van der Waals surface area contributed by atoms with Gasteiger partial charge in [0.15, 0.2) is 0 Å². The van der Waals surface area contributed by atoms with E-state index in [9.17, 15) is 0 Å². The molecule has 0 bridgehead atoms. The van der Waals surface area contributed by atoms with E-state index in [2.05, 4.69) is 62.1 Å². The minimum atomic E-state index is 1.08. The van der Waals surface area contributed by atoms with E-state index >= 15 is 0 Å². The van der Waals surface area contributed by atoms with Crippen molar-refractivity contribution in [2.75, 3.05) is 0 Å². The van der Waals surface area contributed by atoms with Gasteiger partial charge < -0.3 is 0 Å². The molecule has 0 saturated carbocycles. The van der Waals surface area contributed by atoms with Crippen molar-refractivity contribution >= 4 is 11.3 Å². The van der Waals surface area contributed by atoms with Crippen LogP contribution in [0.15, 0.2) is 36.4 Å². The van der Waals surface area contributed by atoms with Gasteiger partial charge in [-0.2, -0.15) is 0 Å². The summed E-state index contributed by atoms with van der Waals surface area (Å²) in [6, 6.07) is 12.6. The largest absolute Gasteiger partial charge is 0.132 e. The molecule has 2 rings (SSSR count). The molecule has 1 heterocycles. The highest BCUT2D eigenvalue weighted by Gasteiger charge is 1.91. The summed E-state index contributed by atoms with van der Waals surface area (Å²) in [6.45, 7) is 4.26. The standard InChI is InChI=1S/C15H14S/c1-3-13-5-7-14(8-6-13)9-11-15-10-4-12(2)16-15/h4-8,10H,3H2,1-2H3. The topological polar surface area (TPSA) is 0 Å². The predicted octanol–water partition coefficient (Wildman–Crippen LogP) is 4.02. The summed E-state index contributed by atoms with van der Waals surface area (Å²) < 4.78 is 0. The van der Waals surface area contributed by atoms with Crippen molar-refractivity contribution in [3.63, 3.8) is 0 Å². The van der Waals surface area contributed by atoms with Gasteiger partial charge in [-0.15, -0.1) is 11.3 Å². The second-order valence-electron chi connectivity index (χ2n) is 3.71. The minimum Gasteiger partial charge on any atom is -0.132 e. The first-order valence-corrected chi connectivity index (χ1v) is 6.27. The zero-order valence-electron chi connectivity index (χ0n) is 9.58. The van der Waals surface area contributed by atoms with E-state index in [0.29, 0.717) is 0 Å². The fourth-order valence-electron chi connectivity index (χ4n) is 1.46. The third-order valence-electron chi connectivity index (χ3n) is 2.43. The number of hydrogen-bond donors (Lipinski definition) is 0. The molecule has 0 saturated heterocycles. The lowest BCUT2D eigenvalue weighted by molar-refractivity contribution is 1.14. The maximum Gasteiger partial charge on any atom is 0.0775 e. The van der Waals surface area contributed by atoms with Crippen molar-refractivity contribution in [1.29, 1.82) is 0 Å². The van der Waals surface area contributed by atoms with E-state index in [-0.39, 0.29) is 0 Å². The van der Waals surface area contributed by atoms with E-state index in [1.807, 2.05) is 0 Å². The molecule has 0 unspecified atom stereocenters. The normalized spacial score (nSPS) is 9.62. The first-order chi connectivity index (χ1) is 7.78. The first-order valence-electron chi connectivity index (χ1n) is 5.45. The fraction of sp³-hybridized carbons (Fsp3) is 0.200. The second-order valence-corrected chi connectivity index (χ2v) is 5.00. The second kappa shape index (κ2) is 5.01. The van der Waals surface area contributed by atoms with E-state index in [4.69, 9.17) is 0 Å². The Morgan fingerprint density at radius 2 is 1.75 bits per heavy atom. The van der Waals surface area contributed by atoms with Crippen LogP contribution >= 0.6 is 11.3 Å². The molecule has 2 aromatic rings. The maximum atomic E-state index is 3.19. The van der Waals surface area contributed by atoms with Crippen LogP contribution in [-0.4, -0.2) is 0 Å². The molecular weight excluding hydrogens is 212 g/mol. The molecule has 80 valence electrons. The van der Waals surface area contributed by atoms with Crippen LogP contribution in [0.4, 0.5) is 0 Å². The first kappa shape index (κ1) is 11.0. The lowest BCUT2D eigenvalue weighted by Gasteiger charge is -1.94. The lowest BCUT2D eigenvalue weighted by atomic mass is 10.1. The van der Waals surface area contributed by atoms with Gasteiger partial charge in [0, 0.05) is 10.4 Å². The number of hydrogen-bond acceptors (Lipinski definition) is 1. The third kappa shape index (κ3) is 2.74.